The average Bonchev–Trinajstić information content (AvgIpc) is 2.69. The minimum atomic E-state index is -0.519. The van der Waals surface area contributed by atoms with Crippen molar-refractivity contribution in [3.63, 3.8) is 0 Å². The lowest BCUT2D eigenvalue weighted by Gasteiger charge is -2.22. The molecular weight excluding hydrogens is 356 g/mol. The molecule has 0 bridgehead atoms. The molecular formula is C21H24N4O3. The van der Waals surface area contributed by atoms with Crippen LogP contribution in [0.5, 0.6) is 0 Å². The van der Waals surface area contributed by atoms with Gasteiger partial charge in [-0.25, -0.2) is 0 Å². The van der Waals surface area contributed by atoms with Gasteiger partial charge < -0.3 is 21.3 Å². The number of aryl methyl sites for hydroxylation is 1. The van der Waals surface area contributed by atoms with Gasteiger partial charge in [-0.2, -0.15) is 0 Å². The number of hydrogen-bond acceptors (Lipinski definition) is 4. The average molecular weight is 380 g/mol. The van der Waals surface area contributed by atoms with Gasteiger partial charge in [-0.1, -0.05) is 36.4 Å². The Labute approximate surface area is 163 Å². The van der Waals surface area contributed by atoms with Crippen molar-refractivity contribution in [3.05, 3.63) is 60.2 Å². The third-order valence-electron chi connectivity index (χ3n) is 4.43. The highest BCUT2D eigenvalue weighted by Crippen LogP contribution is 2.16. The molecule has 0 aliphatic carbocycles. The van der Waals surface area contributed by atoms with E-state index in [0.29, 0.717) is 37.3 Å². The first-order valence-corrected chi connectivity index (χ1v) is 9.35. The highest BCUT2D eigenvalue weighted by Gasteiger charge is 2.24. The minimum absolute atomic E-state index is 0.0551. The number of rotatable bonds is 7. The van der Waals surface area contributed by atoms with Crippen LogP contribution in [-0.4, -0.2) is 36.9 Å². The van der Waals surface area contributed by atoms with E-state index in [-0.39, 0.29) is 24.1 Å². The molecule has 2 aromatic carbocycles. The van der Waals surface area contributed by atoms with E-state index in [0.717, 1.165) is 5.56 Å². The third kappa shape index (κ3) is 5.92. The van der Waals surface area contributed by atoms with Crippen molar-refractivity contribution in [2.45, 2.75) is 25.3 Å². The summed E-state index contributed by atoms with van der Waals surface area (Å²) in [6.07, 6.45) is 1.10. The maximum atomic E-state index is 12.2. The third-order valence-corrected chi connectivity index (χ3v) is 4.43. The molecule has 1 aliphatic heterocycles. The van der Waals surface area contributed by atoms with E-state index in [4.69, 9.17) is 0 Å². The molecule has 0 radical (unpaired) electrons. The Hall–Kier alpha value is -3.19. The maximum absolute atomic E-state index is 12.2. The Morgan fingerprint density at radius 1 is 0.929 bits per heavy atom. The molecule has 1 heterocycles. The molecule has 3 amide bonds. The molecule has 1 saturated heterocycles. The molecule has 3 rings (SSSR count). The van der Waals surface area contributed by atoms with Gasteiger partial charge in [0.15, 0.2) is 0 Å². The number of amides is 3. The SMILES string of the molecule is O=C(CCc1ccccc1)Nc1cccc(NC(=O)CC2NCCNC2=O)c1. The first-order valence-electron chi connectivity index (χ1n) is 9.35. The molecule has 0 spiro atoms. The second kappa shape index (κ2) is 9.66. The van der Waals surface area contributed by atoms with Crippen molar-refractivity contribution >= 4 is 29.1 Å². The fraction of sp³-hybridized carbons (Fsp3) is 0.286. The number of nitrogens with one attached hydrogen (secondary N) is 4. The molecule has 28 heavy (non-hydrogen) atoms. The van der Waals surface area contributed by atoms with Gasteiger partial charge in [0.1, 0.15) is 0 Å². The fourth-order valence-corrected chi connectivity index (χ4v) is 3.01. The smallest absolute Gasteiger partial charge is 0.237 e. The summed E-state index contributed by atoms with van der Waals surface area (Å²) >= 11 is 0. The van der Waals surface area contributed by atoms with Crippen LogP contribution in [0.4, 0.5) is 11.4 Å². The predicted molar refractivity (Wildman–Crippen MR) is 108 cm³/mol. The zero-order chi connectivity index (χ0) is 19.8. The number of carbonyl (C=O) groups is 3. The number of anilines is 2. The molecule has 1 fully saturated rings. The van der Waals surface area contributed by atoms with Crippen LogP contribution >= 0.6 is 0 Å². The molecule has 1 unspecified atom stereocenters. The first kappa shape index (κ1) is 19.6. The summed E-state index contributed by atoms with van der Waals surface area (Å²) in [7, 11) is 0. The minimum Gasteiger partial charge on any atom is -0.353 e. The van der Waals surface area contributed by atoms with Crippen molar-refractivity contribution in [1.29, 1.82) is 0 Å². The van der Waals surface area contributed by atoms with Crippen LogP contribution in [0.15, 0.2) is 54.6 Å². The summed E-state index contributed by atoms with van der Waals surface area (Å²) in [4.78, 5) is 36.1. The lowest BCUT2D eigenvalue weighted by molar-refractivity contribution is -0.127. The first-order chi connectivity index (χ1) is 13.6. The second-order valence-electron chi connectivity index (χ2n) is 6.66. The summed E-state index contributed by atoms with van der Waals surface area (Å²) < 4.78 is 0. The van der Waals surface area contributed by atoms with Gasteiger partial charge in [0, 0.05) is 30.9 Å². The zero-order valence-corrected chi connectivity index (χ0v) is 15.5. The summed E-state index contributed by atoms with van der Waals surface area (Å²) in [5.74, 6) is -0.515. The molecule has 146 valence electrons. The summed E-state index contributed by atoms with van der Waals surface area (Å²) in [5, 5.41) is 11.4. The van der Waals surface area contributed by atoms with Gasteiger partial charge in [-0.3, -0.25) is 14.4 Å². The normalized spacial score (nSPS) is 16.1. The Morgan fingerprint density at radius 2 is 1.64 bits per heavy atom. The Morgan fingerprint density at radius 3 is 2.36 bits per heavy atom. The van der Waals surface area contributed by atoms with Crippen molar-refractivity contribution in [1.82, 2.24) is 10.6 Å². The Balaban J connectivity index is 1.49. The molecule has 0 aromatic heterocycles. The molecule has 0 saturated carbocycles. The second-order valence-corrected chi connectivity index (χ2v) is 6.66. The van der Waals surface area contributed by atoms with Gasteiger partial charge in [0.05, 0.1) is 12.5 Å². The van der Waals surface area contributed by atoms with Crippen molar-refractivity contribution < 1.29 is 14.4 Å². The molecule has 7 nitrogen and oxygen atoms in total. The van der Waals surface area contributed by atoms with Gasteiger partial charge >= 0.3 is 0 Å². The molecule has 2 aromatic rings. The van der Waals surface area contributed by atoms with Gasteiger partial charge in [0.25, 0.3) is 0 Å². The quantitative estimate of drug-likeness (QED) is 0.587. The number of carbonyl (C=O) groups excluding carboxylic acids is 3. The van der Waals surface area contributed by atoms with E-state index < -0.39 is 6.04 Å². The van der Waals surface area contributed by atoms with Crippen molar-refractivity contribution in [2.75, 3.05) is 23.7 Å². The standard InChI is InChI=1S/C21H24N4O3/c26-19(10-9-15-5-2-1-3-6-15)24-16-7-4-8-17(13-16)25-20(27)14-18-21(28)23-12-11-22-18/h1-8,13,18,22H,9-12,14H2,(H,23,28)(H,24,26)(H,25,27). The van der Waals surface area contributed by atoms with Crippen LogP contribution in [0, 0.1) is 0 Å². The van der Waals surface area contributed by atoms with Gasteiger partial charge in [-0.15, -0.1) is 0 Å². The van der Waals surface area contributed by atoms with E-state index in [9.17, 15) is 14.4 Å². The summed E-state index contributed by atoms with van der Waals surface area (Å²) in [5.41, 5.74) is 2.30. The molecule has 1 atom stereocenters. The summed E-state index contributed by atoms with van der Waals surface area (Å²) in [6.45, 7) is 1.22. The largest absolute Gasteiger partial charge is 0.353 e. The van der Waals surface area contributed by atoms with Crippen LogP contribution in [0.1, 0.15) is 18.4 Å². The van der Waals surface area contributed by atoms with E-state index in [1.807, 2.05) is 30.3 Å². The van der Waals surface area contributed by atoms with Crippen LogP contribution in [0.3, 0.4) is 0 Å². The maximum Gasteiger partial charge on any atom is 0.237 e. The van der Waals surface area contributed by atoms with Crippen LogP contribution < -0.4 is 21.3 Å². The lowest BCUT2D eigenvalue weighted by Crippen LogP contribution is -2.53. The van der Waals surface area contributed by atoms with E-state index in [2.05, 4.69) is 21.3 Å². The highest BCUT2D eigenvalue weighted by molar-refractivity contribution is 5.97. The van der Waals surface area contributed by atoms with E-state index in [1.165, 1.54) is 0 Å². The van der Waals surface area contributed by atoms with E-state index in [1.54, 1.807) is 24.3 Å². The number of hydrogen-bond donors (Lipinski definition) is 4. The van der Waals surface area contributed by atoms with E-state index >= 15 is 0 Å². The van der Waals surface area contributed by atoms with Gasteiger partial charge in [-0.05, 0) is 30.2 Å². The Bertz CT molecular complexity index is 839. The summed E-state index contributed by atoms with van der Waals surface area (Å²) in [6, 6.07) is 16.3. The fourth-order valence-electron chi connectivity index (χ4n) is 3.01. The monoisotopic (exact) mass is 380 g/mol. The van der Waals surface area contributed by atoms with Crippen molar-refractivity contribution in [3.8, 4) is 0 Å². The number of benzene rings is 2. The topological polar surface area (TPSA) is 99.3 Å². The van der Waals surface area contributed by atoms with Crippen LogP contribution in [-0.2, 0) is 20.8 Å². The Kier molecular flexibility index (Phi) is 6.75. The lowest BCUT2D eigenvalue weighted by atomic mass is 10.1. The predicted octanol–water partition coefficient (Wildman–Crippen LogP) is 1.67. The van der Waals surface area contributed by atoms with Crippen LogP contribution in [0.25, 0.3) is 0 Å². The zero-order valence-electron chi connectivity index (χ0n) is 15.5. The van der Waals surface area contributed by atoms with Crippen LogP contribution in [0.2, 0.25) is 0 Å². The highest BCUT2D eigenvalue weighted by atomic mass is 16.2. The molecule has 4 N–H and O–H groups in total. The van der Waals surface area contributed by atoms with Gasteiger partial charge in [0.2, 0.25) is 17.7 Å². The number of piperazine rings is 1. The molecule has 1 aliphatic rings. The molecule has 7 heteroatoms. The van der Waals surface area contributed by atoms with Crippen molar-refractivity contribution in [2.24, 2.45) is 0 Å².